The summed E-state index contributed by atoms with van der Waals surface area (Å²) in [5.74, 6) is 0. The molecule has 1 heterocycles. The molecule has 0 N–H and O–H groups in total. The van der Waals surface area contributed by atoms with Crippen molar-refractivity contribution in [2.24, 2.45) is 0 Å². The summed E-state index contributed by atoms with van der Waals surface area (Å²) in [6.07, 6.45) is 8.59. The van der Waals surface area contributed by atoms with Crippen LogP contribution in [0.25, 0.3) is 0 Å². The van der Waals surface area contributed by atoms with Crippen LogP contribution >= 0.6 is 0 Å². The SMILES string of the molecule is CCCC[N+]1(CCC)CCCCC1.F[B-](F)(F)F. The number of unbranched alkanes of at least 4 members (excludes halogenated alkanes) is 1. The molecule has 6 heteroatoms. The molecule has 0 amide bonds. The van der Waals surface area contributed by atoms with E-state index in [1.165, 1.54) is 69.2 Å². The van der Waals surface area contributed by atoms with Crippen molar-refractivity contribution in [1.29, 1.82) is 0 Å². The summed E-state index contributed by atoms with van der Waals surface area (Å²) >= 11 is 0. The summed E-state index contributed by atoms with van der Waals surface area (Å²) in [6, 6.07) is 0. The standard InChI is InChI=1S/C12H26N.BF4/c1-3-5-10-13(9-4-2)11-7-6-8-12-13;2-1(3,4)5/h3-12H2,1-2H3;/q+1;-1. The van der Waals surface area contributed by atoms with Gasteiger partial charge in [0.25, 0.3) is 0 Å². The van der Waals surface area contributed by atoms with Crippen LogP contribution in [0.4, 0.5) is 17.3 Å². The first-order valence-corrected chi connectivity index (χ1v) is 7.05. The van der Waals surface area contributed by atoms with Gasteiger partial charge >= 0.3 is 7.25 Å². The van der Waals surface area contributed by atoms with Gasteiger partial charge in [-0.15, -0.1) is 0 Å². The van der Waals surface area contributed by atoms with Crippen LogP contribution in [0.3, 0.4) is 0 Å². The van der Waals surface area contributed by atoms with Gasteiger partial charge in [0.2, 0.25) is 0 Å². The van der Waals surface area contributed by atoms with Crippen LogP contribution in [0.5, 0.6) is 0 Å². The van der Waals surface area contributed by atoms with Crippen molar-refractivity contribution >= 4 is 7.25 Å². The smallest absolute Gasteiger partial charge is 0.418 e. The fraction of sp³-hybridized carbons (Fsp3) is 1.00. The zero-order valence-corrected chi connectivity index (χ0v) is 11.6. The molecule has 1 rings (SSSR count). The molecule has 110 valence electrons. The van der Waals surface area contributed by atoms with Crippen LogP contribution in [0.2, 0.25) is 0 Å². The second-order valence-electron chi connectivity index (χ2n) is 5.15. The monoisotopic (exact) mass is 271 g/mol. The predicted molar refractivity (Wildman–Crippen MR) is 69.0 cm³/mol. The molecule has 0 bridgehead atoms. The Morgan fingerprint density at radius 1 is 0.833 bits per heavy atom. The Morgan fingerprint density at radius 3 is 1.72 bits per heavy atom. The minimum absolute atomic E-state index is 1.36. The van der Waals surface area contributed by atoms with Gasteiger partial charge in [0.05, 0.1) is 26.2 Å². The highest BCUT2D eigenvalue weighted by Gasteiger charge is 2.27. The van der Waals surface area contributed by atoms with Gasteiger partial charge in [-0.3, -0.25) is 0 Å². The number of rotatable bonds is 5. The van der Waals surface area contributed by atoms with Gasteiger partial charge in [-0.05, 0) is 32.1 Å². The summed E-state index contributed by atoms with van der Waals surface area (Å²) in [6.45, 7) is 10.5. The summed E-state index contributed by atoms with van der Waals surface area (Å²) in [4.78, 5) is 0. The van der Waals surface area contributed by atoms with E-state index in [4.69, 9.17) is 0 Å². The largest absolute Gasteiger partial charge is 0.673 e. The average Bonchev–Trinajstić information content (AvgIpc) is 2.26. The van der Waals surface area contributed by atoms with E-state index in [0.717, 1.165) is 0 Å². The highest BCUT2D eigenvalue weighted by Crippen LogP contribution is 2.20. The van der Waals surface area contributed by atoms with Crippen LogP contribution in [0, 0.1) is 0 Å². The fourth-order valence-electron chi connectivity index (χ4n) is 2.71. The highest BCUT2D eigenvalue weighted by atomic mass is 19.5. The summed E-state index contributed by atoms with van der Waals surface area (Å²) in [5.41, 5.74) is 0. The maximum Gasteiger partial charge on any atom is 0.673 e. The van der Waals surface area contributed by atoms with Crippen LogP contribution in [0.15, 0.2) is 0 Å². The number of halogens is 4. The zero-order valence-electron chi connectivity index (χ0n) is 11.6. The molecule has 1 nitrogen and oxygen atoms in total. The number of piperidine rings is 1. The topological polar surface area (TPSA) is 0 Å². The van der Waals surface area contributed by atoms with E-state index < -0.39 is 7.25 Å². The number of likely N-dealkylation sites (tertiary alicyclic amines) is 1. The zero-order chi connectivity index (χ0) is 14.1. The first kappa shape index (κ1) is 17.7. The fourth-order valence-corrected chi connectivity index (χ4v) is 2.71. The Bertz CT molecular complexity index is 191. The van der Waals surface area contributed by atoms with Gasteiger partial charge in [-0.1, -0.05) is 20.3 Å². The van der Waals surface area contributed by atoms with Crippen molar-refractivity contribution < 1.29 is 21.7 Å². The molecular formula is C12H26BF4N. The molecule has 1 fully saturated rings. The van der Waals surface area contributed by atoms with Crippen molar-refractivity contribution in [2.75, 3.05) is 26.2 Å². The lowest BCUT2D eigenvalue weighted by Crippen LogP contribution is -2.52. The third kappa shape index (κ3) is 9.74. The van der Waals surface area contributed by atoms with E-state index in [-0.39, 0.29) is 0 Å². The lowest BCUT2D eigenvalue weighted by atomic mass is 10.1. The van der Waals surface area contributed by atoms with Crippen LogP contribution in [-0.2, 0) is 0 Å². The number of hydrogen-bond donors (Lipinski definition) is 0. The molecule has 0 aromatic rings. The Hall–Kier alpha value is -0.255. The highest BCUT2D eigenvalue weighted by molar-refractivity contribution is 6.50. The summed E-state index contributed by atoms with van der Waals surface area (Å²) in [7, 11) is -6.00. The summed E-state index contributed by atoms with van der Waals surface area (Å²) in [5, 5.41) is 0. The molecule has 0 aromatic heterocycles. The van der Waals surface area contributed by atoms with E-state index in [1.54, 1.807) is 0 Å². The van der Waals surface area contributed by atoms with Gasteiger partial charge in [0.15, 0.2) is 0 Å². The number of quaternary nitrogens is 1. The molecule has 1 aliphatic rings. The van der Waals surface area contributed by atoms with Crippen molar-refractivity contribution in [3.8, 4) is 0 Å². The number of nitrogens with zero attached hydrogens (tertiary/aromatic N) is 1. The number of hydrogen-bond acceptors (Lipinski definition) is 0. The van der Waals surface area contributed by atoms with Crippen molar-refractivity contribution in [3.63, 3.8) is 0 Å². The Balaban J connectivity index is 0.000000494. The Kier molecular flexibility index (Phi) is 8.65. The predicted octanol–water partition coefficient (Wildman–Crippen LogP) is 4.50. The van der Waals surface area contributed by atoms with E-state index in [0.29, 0.717) is 0 Å². The average molecular weight is 271 g/mol. The maximum absolute atomic E-state index is 9.75. The molecule has 0 spiro atoms. The van der Waals surface area contributed by atoms with Crippen LogP contribution < -0.4 is 0 Å². The molecule has 0 saturated carbocycles. The molecule has 18 heavy (non-hydrogen) atoms. The van der Waals surface area contributed by atoms with Gasteiger partial charge in [0, 0.05) is 0 Å². The lowest BCUT2D eigenvalue weighted by Gasteiger charge is -2.41. The lowest BCUT2D eigenvalue weighted by molar-refractivity contribution is -0.932. The van der Waals surface area contributed by atoms with Crippen molar-refractivity contribution in [1.82, 2.24) is 0 Å². The molecule has 0 aliphatic carbocycles. The maximum atomic E-state index is 9.75. The van der Waals surface area contributed by atoms with E-state index in [1.807, 2.05) is 0 Å². The normalized spacial score (nSPS) is 19.0. The molecule has 0 atom stereocenters. The minimum atomic E-state index is -6.00. The van der Waals surface area contributed by atoms with Crippen molar-refractivity contribution in [3.05, 3.63) is 0 Å². The minimum Gasteiger partial charge on any atom is -0.418 e. The van der Waals surface area contributed by atoms with Gasteiger partial charge < -0.3 is 21.7 Å². The first-order valence-electron chi connectivity index (χ1n) is 7.05. The van der Waals surface area contributed by atoms with Crippen LogP contribution in [0.1, 0.15) is 52.4 Å². The molecule has 0 unspecified atom stereocenters. The third-order valence-electron chi connectivity index (χ3n) is 3.45. The van der Waals surface area contributed by atoms with Gasteiger partial charge in [0.1, 0.15) is 0 Å². The van der Waals surface area contributed by atoms with Crippen molar-refractivity contribution in [2.45, 2.75) is 52.4 Å². The van der Waals surface area contributed by atoms with Crippen LogP contribution in [-0.4, -0.2) is 37.9 Å². The Labute approximate surface area is 108 Å². The van der Waals surface area contributed by atoms with Gasteiger partial charge in [-0.2, -0.15) is 0 Å². The van der Waals surface area contributed by atoms with E-state index in [2.05, 4.69) is 13.8 Å². The molecule has 1 aliphatic heterocycles. The quantitative estimate of drug-likeness (QED) is 0.392. The van der Waals surface area contributed by atoms with E-state index >= 15 is 0 Å². The molecule has 0 aromatic carbocycles. The molecule has 0 radical (unpaired) electrons. The third-order valence-corrected chi connectivity index (χ3v) is 3.45. The Morgan fingerprint density at radius 2 is 1.33 bits per heavy atom. The first-order chi connectivity index (χ1) is 8.33. The second kappa shape index (κ2) is 8.78. The molecule has 1 saturated heterocycles. The summed E-state index contributed by atoms with van der Waals surface area (Å²) < 4.78 is 40.4. The van der Waals surface area contributed by atoms with Gasteiger partial charge in [-0.25, -0.2) is 0 Å². The molecular weight excluding hydrogens is 245 g/mol. The second-order valence-corrected chi connectivity index (χ2v) is 5.15. The van der Waals surface area contributed by atoms with E-state index in [9.17, 15) is 17.3 Å².